The van der Waals surface area contributed by atoms with E-state index in [1.165, 1.54) is 6.26 Å². The van der Waals surface area contributed by atoms with E-state index < -0.39 is 10.0 Å². The van der Waals surface area contributed by atoms with E-state index in [1.54, 1.807) is 10.6 Å². The number of nitrogens with one attached hydrogen (secondary N) is 1. The molecule has 0 saturated carbocycles. The Morgan fingerprint density at radius 1 is 1.21 bits per heavy atom. The molecule has 0 fully saturated rings. The highest BCUT2D eigenvalue weighted by Crippen LogP contribution is 2.32. The molecule has 0 aliphatic carbocycles. The van der Waals surface area contributed by atoms with Gasteiger partial charge < -0.3 is 9.88 Å². The summed E-state index contributed by atoms with van der Waals surface area (Å²) in [4.78, 5) is 9.60. The van der Waals surface area contributed by atoms with Crippen LogP contribution in [-0.4, -0.2) is 41.5 Å². The Kier molecular flexibility index (Phi) is 5.76. The first-order valence-corrected chi connectivity index (χ1v) is 12.1. The number of anilines is 1. The molecule has 0 spiro atoms. The molecule has 0 bridgehead atoms. The van der Waals surface area contributed by atoms with Gasteiger partial charge in [0.2, 0.25) is 10.0 Å². The first-order valence-electron chi connectivity index (χ1n) is 9.42. The molecule has 152 valence electrons. The molecule has 8 heteroatoms. The number of fused-ring (bicyclic) bond motifs is 1. The van der Waals surface area contributed by atoms with Crippen molar-refractivity contribution in [3.05, 3.63) is 82.3 Å². The number of nitrogens with zero attached hydrogens (tertiary/aromatic N) is 3. The number of aromatic nitrogens is 2. The van der Waals surface area contributed by atoms with Crippen molar-refractivity contribution in [1.82, 2.24) is 14.3 Å². The van der Waals surface area contributed by atoms with Crippen molar-refractivity contribution in [3.8, 4) is 0 Å². The molecule has 1 atom stereocenters. The lowest BCUT2D eigenvalue weighted by molar-refractivity contribution is 0.320. The van der Waals surface area contributed by atoms with Crippen LogP contribution in [0.4, 0.5) is 5.69 Å². The third-order valence-corrected chi connectivity index (χ3v) is 6.97. The van der Waals surface area contributed by atoms with Crippen molar-refractivity contribution in [2.75, 3.05) is 17.7 Å². The highest BCUT2D eigenvalue weighted by Gasteiger charge is 2.33. The van der Waals surface area contributed by atoms with Crippen LogP contribution >= 0.6 is 15.9 Å². The maximum absolute atomic E-state index is 12.7. The summed E-state index contributed by atoms with van der Waals surface area (Å²) < 4.78 is 28.0. The summed E-state index contributed by atoms with van der Waals surface area (Å²) in [6.45, 7) is 1.55. The lowest BCUT2D eigenvalue weighted by Crippen LogP contribution is -2.45. The fraction of sp³-hybridized carbons (Fsp3) is 0.286. The first-order chi connectivity index (χ1) is 13.9. The highest BCUT2D eigenvalue weighted by molar-refractivity contribution is 9.10. The van der Waals surface area contributed by atoms with E-state index >= 15 is 0 Å². The molecular formula is C21H23BrN4O2S. The molecule has 1 aromatic heterocycles. The van der Waals surface area contributed by atoms with E-state index in [0.717, 1.165) is 27.0 Å². The number of imidazole rings is 1. The summed E-state index contributed by atoms with van der Waals surface area (Å²) in [5.74, 6) is 0. The number of H-pyrrole nitrogens is 1. The highest BCUT2D eigenvalue weighted by atomic mass is 79.9. The number of halogens is 1. The second-order valence-electron chi connectivity index (χ2n) is 7.37. The largest absolute Gasteiger partial charge is 0.364 e. The fourth-order valence-corrected chi connectivity index (χ4v) is 5.36. The van der Waals surface area contributed by atoms with Gasteiger partial charge in [0.25, 0.3) is 0 Å². The molecule has 4 rings (SSSR count). The number of rotatable bonds is 5. The molecule has 2 aromatic carbocycles. The minimum Gasteiger partial charge on any atom is -0.364 e. The summed E-state index contributed by atoms with van der Waals surface area (Å²) in [7, 11) is -3.39. The summed E-state index contributed by atoms with van der Waals surface area (Å²) in [5, 5.41) is 0. The Bertz CT molecular complexity index is 1070. The molecule has 6 nitrogen and oxygen atoms in total. The first kappa shape index (κ1) is 20.1. The van der Waals surface area contributed by atoms with Crippen molar-refractivity contribution < 1.29 is 8.42 Å². The maximum atomic E-state index is 12.7. The average Bonchev–Trinajstić information content (AvgIpc) is 3.13. The van der Waals surface area contributed by atoms with Crippen LogP contribution in [0.25, 0.3) is 0 Å². The molecular weight excluding hydrogens is 452 g/mol. The van der Waals surface area contributed by atoms with Gasteiger partial charge in [-0.15, -0.1) is 0 Å². The van der Waals surface area contributed by atoms with Gasteiger partial charge >= 0.3 is 0 Å². The zero-order chi connectivity index (χ0) is 20.4. The van der Waals surface area contributed by atoms with Crippen LogP contribution in [0.15, 0.2) is 65.5 Å². The maximum Gasteiger partial charge on any atom is 0.211 e. The number of sulfonamides is 1. The molecule has 1 N–H and O–H groups in total. The van der Waals surface area contributed by atoms with E-state index in [2.05, 4.69) is 36.9 Å². The Morgan fingerprint density at radius 3 is 2.69 bits per heavy atom. The lowest BCUT2D eigenvalue weighted by Gasteiger charge is -2.31. The Hall–Kier alpha value is -2.16. The van der Waals surface area contributed by atoms with Crippen LogP contribution in [0, 0.1) is 0 Å². The molecule has 1 aliphatic rings. The molecule has 2 heterocycles. The van der Waals surface area contributed by atoms with E-state index in [0.29, 0.717) is 26.1 Å². The van der Waals surface area contributed by atoms with E-state index in [9.17, 15) is 8.42 Å². The average molecular weight is 475 g/mol. The second-order valence-corrected chi connectivity index (χ2v) is 10.2. The lowest BCUT2D eigenvalue weighted by atomic mass is 10.1. The minimum atomic E-state index is -3.39. The molecule has 0 saturated heterocycles. The fourth-order valence-electron chi connectivity index (χ4n) is 3.89. The second kappa shape index (κ2) is 8.30. The molecule has 3 aromatic rings. The number of hydrogen-bond donors (Lipinski definition) is 1. The number of aromatic amines is 1. The molecule has 0 amide bonds. The predicted molar refractivity (Wildman–Crippen MR) is 118 cm³/mol. The van der Waals surface area contributed by atoms with Gasteiger partial charge in [0.1, 0.15) is 0 Å². The van der Waals surface area contributed by atoms with Crippen LogP contribution in [0.2, 0.25) is 0 Å². The normalized spacial score (nSPS) is 17.7. The van der Waals surface area contributed by atoms with E-state index in [4.69, 9.17) is 0 Å². The minimum absolute atomic E-state index is 0.183. The monoisotopic (exact) mass is 474 g/mol. The van der Waals surface area contributed by atoms with Gasteiger partial charge in [-0.1, -0.05) is 46.3 Å². The van der Waals surface area contributed by atoms with Crippen molar-refractivity contribution in [2.24, 2.45) is 0 Å². The van der Waals surface area contributed by atoms with Crippen LogP contribution in [0.1, 0.15) is 16.8 Å². The Morgan fingerprint density at radius 2 is 2.00 bits per heavy atom. The Labute approximate surface area is 179 Å². The molecule has 1 aliphatic heterocycles. The van der Waals surface area contributed by atoms with Crippen LogP contribution in [0.3, 0.4) is 0 Å². The topological polar surface area (TPSA) is 69.3 Å². The third kappa shape index (κ3) is 4.71. The smallest absolute Gasteiger partial charge is 0.211 e. The van der Waals surface area contributed by atoms with Gasteiger partial charge in [0, 0.05) is 35.5 Å². The summed E-state index contributed by atoms with van der Waals surface area (Å²) >= 11 is 3.53. The van der Waals surface area contributed by atoms with Gasteiger partial charge in [-0.05, 0) is 35.7 Å². The number of benzene rings is 2. The molecule has 0 radical (unpaired) electrons. The van der Waals surface area contributed by atoms with Crippen molar-refractivity contribution in [2.45, 2.75) is 25.6 Å². The summed E-state index contributed by atoms with van der Waals surface area (Å²) in [6, 6.07) is 15.9. The Balaban J connectivity index is 1.75. The predicted octanol–water partition coefficient (Wildman–Crippen LogP) is 3.57. The molecule has 1 unspecified atom stereocenters. The van der Waals surface area contributed by atoms with E-state index in [1.807, 2.05) is 48.7 Å². The van der Waals surface area contributed by atoms with Gasteiger partial charge in [-0.3, -0.25) is 0 Å². The zero-order valence-corrected chi connectivity index (χ0v) is 18.5. The van der Waals surface area contributed by atoms with Gasteiger partial charge in [-0.2, -0.15) is 4.31 Å². The van der Waals surface area contributed by atoms with Gasteiger partial charge in [-0.25, -0.2) is 13.4 Å². The van der Waals surface area contributed by atoms with Crippen molar-refractivity contribution in [3.63, 3.8) is 0 Å². The van der Waals surface area contributed by atoms with Crippen LogP contribution in [-0.2, 0) is 29.5 Å². The third-order valence-electron chi connectivity index (χ3n) is 5.19. The number of hydrogen-bond acceptors (Lipinski definition) is 4. The van der Waals surface area contributed by atoms with Crippen LogP contribution in [0.5, 0.6) is 0 Å². The summed E-state index contributed by atoms with van der Waals surface area (Å²) in [5.41, 5.74) is 4.07. The van der Waals surface area contributed by atoms with Crippen molar-refractivity contribution in [1.29, 1.82) is 0 Å². The SMILES string of the molecule is CS(=O)(=O)N1Cc2cc(Br)ccc2N(Cc2c[nH]cn2)CC1Cc1ccccc1. The van der Waals surface area contributed by atoms with E-state index in [-0.39, 0.29) is 6.04 Å². The van der Waals surface area contributed by atoms with Crippen LogP contribution < -0.4 is 4.90 Å². The van der Waals surface area contributed by atoms with Crippen molar-refractivity contribution >= 4 is 31.6 Å². The quantitative estimate of drug-likeness (QED) is 0.613. The summed E-state index contributed by atoms with van der Waals surface area (Å²) in [6.07, 6.45) is 5.50. The molecule has 29 heavy (non-hydrogen) atoms. The van der Waals surface area contributed by atoms with Gasteiger partial charge in [0.15, 0.2) is 0 Å². The van der Waals surface area contributed by atoms with Gasteiger partial charge in [0.05, 0.1) is 24.8 Å². The zero-order valence-electron chi connectivity index (χ0n) is 16.1. The standard InChI is InChI=1S/C21H23BrN4O2S/c1-29(27,28)26-12-17-10-18(22)7-8-21(17)25(13-19-11-23-15-24-19)14-20(26)9-16-5-3-2-4-6-16/h2-8,10-11,15,20H,9,12-14H2,1H3,(H,23,24).